The summed E-state index contributed by atoms with van der Waals surface area (Å²) in [6, 6.07) is 0. The summed E-state index contributed by atoms with van der Waals surface area (Å²) >= 11 is 0. The number of rotatable bonds is 10. The fraction of sp³-hybridized carbons (Fsp3) is 0.929. The maximum atomic E-state index is 11.9. The lowest BCUT2D eigenvalue weighted by molar-refractivity contribution is -0.148. The monoisotopic (exact) mass is 337 g/mol. The average Bonchev–Trinajstić information content (AvgIpc) is 2.46. The Labute approximate surface area is 133 Å². The van der Waals surface area contributed by atoms with Crippen molar-refractivity contribution in [3.05, 3.63) is 0 Å². The minimum atomic E-state index is -3.47. The molecule has 0 amide bonds. The second-order valence-corrected chi connectivity index (χ2v) is 7.00. The smallest absolute Gasteiger partial charge is 0.309 e. The highest BCUT2D eigenvalue weighted by Gasteiger charge is 2.21. The molecule has 0 radical (unpaired) electrons. The largest absolute Gasteiger partial charge is 0.466 e. The zero-order valence-electron chi connectivity index (χ0n) is 13.5. The van der Waals surface area contributed by atoms with Crippen LogP contribution in [-0.4, -0.2) is 71.6 Å². The van der Waals surface area contributed by atoms with E-state index < -0.39 is 10.1 Å². The zero-order valence-corrected chi connectivity index (χ0v) is 14.3. The summed E-state index contributed by atoms with van der Waals surface area (Å²) in [5.41, 5.74) is 0. The maximum absolute atomic E-state index is 11.9. The first-order chi connectivity index (χ1) is 10.4. The van der Waals surface area contributed by atoms with Crippen molar-refractivity contribution < 1.29 is 26.9 Å². The number of carbonyl (C=O) groups is 1. The normalized spacial score (nSPS) is 18.1. The van der Waals surface area contributed by atoms with E-state index in [1.165, 1.54) is 0 Å². The van der Waals surface area contributed by atoms with E-state index in [9.17, 15) is 13.2 Å². The summed E-state index contributed by atoms with van der Waals surface area (Å²) in [4.78, 5) is 14.2. The van der Waals surface area contributed by atoms with E-state index in [-0.39, 0.29) is 18.5 Å². The highest BCUT2D eigenvalue weighted by molar-refractivity contribution is 7.85. The van der Waals surface area contributed by atoms with Crippen LogP contribution in [0.15, 0.2) is 0 Å². The van der Waals surface area contributed by atoms with E-state index in [2.05, 4.69) is 4.90 Å². The Hall–Kier alpha value is -0.700. The lowest BCUT2D eigenvalue weighted by Crippen LogP contribution is -2.37. The number of ether oxygens (including phenoxy) is 2. The molecule has 0 aromatic heterocycles. The summed E-state index contributed by atoms with van der Waals surface area (Å²) in [6.07, 6.45) is 2.89. The molecule has 0 spiro atoms. The Bertz CT molecular complexity index is 419. The molecule has 1 fully saturated rings. The number of esters is 1. The molecule has 130 valence electrons. The predicted octanol–water partition coefficient (Wildman–Crippen LogP) is 0.644. The van der Waals surface area contributed by atoms with Crippen molar-refractivity contribution in [2.45, 2.75) is 26.2 Å². The molecule has 22 heavy (non-hydrogen) atoms. The first-order valence-corrected chi connectivity index (χ1v) is 9.55. The molecular formula is C14H27NO6S. The topological polar surface area (TPSA) is 82.1 Å². The molecule has 0 aromatic rings. The van der Waals surface area contributed by atoms with Gasteiger partial charge >= 0.3 is 5.97 Å². The van der Waals surface area contributed by atoms with Gasteiger partial charge in [0.1, 0.15) is 0 Å². The van der Waals surface area contributed by atoms with Gasteiger partial charge in [0.2, 0.25) is 0 Å². The summed E-state index contributed by atoms with van der Waals surface area (Å²) in [5, 5.41) is 0. The average molecular weight is 337 g/mol. The molecule has 1 aliphatic heterocycles. The Kier molecular flexibility index (Phi) is 8.92. The van der Waals surface area contributed by atoms with E-state index in [4.69, 9.17) is 13.7 Å². The third-order valence-corrected chi connectivity index (χ3v) is 4.11. The zero-order chi connectivity index (χ0) is 16.4. The van der Waals surface area contributed by atoms with Crippen LogP contribution in [0.1, 0.15) is 26.2 Å². The first kappa shape index (κ1) is 19.3. The molecule has 1 heterocycles. The highest BCUT2D eigenvalue weighted by atomic mass is 32.2. The van der Waals surface area contributed by atoms with Crippen molar-refractivity contribution >= 4 is 16.1 Å². The van der Waals surface area contributed by atoms with Crippen LogP contribution < -0.4 is 0 Å². The second-order valence-electron chi connectivity index (χ2n) is 5.36. The van der Waals surface area contributed by atoms with Crippen LogP contribution in [0.4, 0.5) is 0 Å². The van der Waals surface area contributed by atoms with Crippen LogP contribution in [-0.2, 0) is 28.6 Å². The third-order valence-electron chi connectivity index (χ3n) is 3.51. The molecule has 1 unspecified atom stereocenters. The van der Waals surface area contributed by atoms with Crippen LogP contribution >= 0.6 is 0 Å². The molecule has 0 N–H and O–H groups in total. The van der Waals surface area contributed by atoms with E-state index >= 15 is 0 Å². The molecule has 1 atom stereocenters. The van der Waals surface area contributed by atoms with E-state index in [0.29, 0.717) is 19.4 Å². The predicted molar refractivity (Wildman–Crippen MR) is 82.0 cm³/mol. The van der Waals surface area contributed by atoms with Crippen LogP contribution in [0.5, 0.6) is 0 Å². The van der Waals surface area contributed by atoms with Crippen molar-refractivity contribution in [3.8, 4) is 0 Å². The van der Waals surface area contributed by atoms with Crippen LogP contribution in [0.2, 0.25) is 0 Å². The number of morpholine rings is 1. The lowest BCUT2D eigenvalue weighted by Gasteiger charge is -2.27. The molecule has 0 saturated carbocycles. The van der Waals surface area contributed by atoms with Gasteiger partial charge < -0.3 is 9.47 Å². The van der Waals surface area contributed by atoms with Gasteiger partial charge in [0.25, 0.3) is 10.1 Å². The summed E-state index contributed by atoms with van der Waals surface area (Å²) in [5.74, 6) is -0.593. The number of nitrogens with zero attached hydrogens (tertiary/aromatic N) is 1. The molecule has 1 saturated heterocycles. The van der Waals surface area contributed by atoms with Gasteiger partial charge in [-0.3, -0.25) is 13.9 Å². The molecular weight excluding hydrogens is 310 g/mol. The van der Waals surface area contributed by atoms with Gasteiger partial charge in [-0.15, -0.1) is 0 Å². The van der Waals surface area contributed by atoms with Gasteiger partial charge in [-0.2, -0.15) is 8.42 Å². The molecule has 7 nitrogen and oxygen atoms in total. The Morgan fingerprint density at radius 1 is 1.27 bits per heavy atom. The number of hydrogen-bond donors (Lipinski definition) is 0. The summed E-state index contributed by atoms with van der Waals surface area (Å²) < 4.78 is 37.0. The quantitative estimate of drug-likeness (QED) is 0.427. The van der Waals surface area contributed by atoms with Gasteiger partial charge in [-0.1, -0.05) is 0 Å². The maximum Gasteiger partial charge on any atom is 0.309 e. The standard InChI is InChI=1S/C14H27NO6S/c1-3-20-14(16)13(6-10-21-22(2,17)18)5-4-7-15-8-11-19-12-9-15/h13H,3-12H2,1-2H3. The van der Waals surface area contributed by atoms with Crippen LogP contribution in [0, 0.1) is 5.92 Å². The molecule has 0 bridgehead atoms. The fourth-order valence-electron chi connectivity index (χ4n) is 2.37. The highest BCUT2D eigenvalue weighted by Crippen LogP contribution is 2.15. The molecule has 0 aromatic carbocycles. The van der Waals surface area contributed by atoms with E-state index in [0.717, 1.165) is 45.5 Å². The first-order valence-electron chi connectivity index (χ1n) is 7.73. The van der Waals surface area contributed by atoms with Crippen molar-refractivity contribution in [1.29, 1.82) is 0 Å². The van der Waals surface area contributed by atoms with Crippen molar-refractivity contribution in [1.82, 2.24) is 4.90 Å². The van der Waals surface area contributed by atoms with E-state index in [1.807, 2.05) is 0 Å². The van der Waals surface area contributed by atoms with Crippen LogP contribution in [0.3, 0.4) is 0 Å². The summed E-state index contributed by atoms with van der Waals surface area (Å²) in [6.45, 7) is 6.35. The SMILES string of the molecule is CCOC(=O)C(CCCN1CCOCC1)CCOS(C)(=O)=O. The van der Waals surface area contributed by atoms with Gasteiger partial charge in [-0.05, 0) is 32.7 Å². The van der Waals surface area contributed by atoms with Gasteiger partial charge in [-0.25, -0.2) is 0 Å². The Morgan fingerprint density at radius 3 is 2.55 bits per heavy atom. The second kappa shape index (κ2) is 10.1. The Morgan fingerprint density at radius 2 is 1.95 bits per heavy atom. The summed E-state index contributed by atoms with van der Waals surface area (Å²) in [7, 11) is -3.47. The number of hydrogen-bond acceptors (Lipinski definition) is 7. The van der Waals surface area contributed by atoms with Gasteiger partial charge in [0.05, 0.1) is 38.6 Å². The minimum Gasteiger partial charge on any atom is -0.466 e. The van der Waals surface area contributed by atoms with Gasteiger partial charge in [0.15, 0.2) is 0 Å². The molecule has 8 heteroatoms. The molecule has 0 aliphatic carbocycles. The molecule has 1 aliphatic rings. The lowest BCUT2D eigenvalue weighted by atomic mass is 10.00. The van der Waals surface area contributed by atoms with E-state index in [1.54, 1.807) is 6.92 Å². The van der Waals surface area contributed by atoms with Crippen molar-refractivity contribution in [2.24, 2.45) is 5.92 Å². The van der Waals surface area contributed by atoms with Gasteiger partial charge in [0, 0.05) is 13.1 Å². The van der Waals surface area contributed by atoms with Crippen molar-refractivity contribution in [3.63, 3.8) is 0 Å². The number of carbonyl (C=O) groups excluding carboxylic acids is 1. The minimum absolute atomic E-state index is 0.0138. The molecule has 1 rings (SSSR count). The third kappa shape index (κ3) is 8.67. The fourth-order valence-corrected chi connectivity index (χ4v) is 2.77. The Balaban J connectivity index is 2.34. The van der Waals surface area contributed by atoms with Crippen molar-refractivity contribution in [2.75, 3.05) is 52.3 Å². The van der Waals surface area contributed by atoms with Crippen LogP contribution in [0.25, 0.3) is 0 Å².